The van der Waals surface area contributed by atoms with Crippen LogP contribution >= 0.6 is 11.6 Å². The maximum absolute atomic E-state index is 13.3. The highest BCUT2D eigenvalue weighted by molar-refractivity contribution is 6.30. The van der Waals surface area contributed by atoms with E-state index in [1.54, 1.807) is 6.07 Å². The smallest absolute Gasteiger partial charge is 0.142 e. The molecule has 0 aliphatic heterocycles. The van der Waals surface area contributed by atoms with Crippen LogP contribution in [0.4, 0.5) is 4.39 Å². The summed E-state index contributed by atoms with van der Waals surface area (Å²) in [7, 11) is 0. The molecule has 17 heavy (non-hydrogen) atoms. The zero-order chi connectivity index (χ0) is 12.8. The molecule has 0 bridgehead atoms. The molecule has 3 heteroatoms. The van der Waals surface area contributed by atoms with Crippen LogP contribution in [0, 0.1) is 11.7 Å². The maximum atomic E-state index is 13.3. The van der Waals surface area contributed by atoms with Crippen LogP contribution in [0.25, 0.3) is 0 Å². The summed E-state index contributed by atoms with van der Waals surface area (Å²) in [5.74, 6) is 0.161. The zero-order valence-electron chi connectivity index (χ0n) is 10.8. The van der Waals surface area contributed by atoms with Crippen molar-refractivity contribution in [3.05, 3.63) is 34.6 Å². The molecule has 2 unspecified atom stereocenters. The lowest BCUT2D eigenvalue weighted by Gasteiger charge is -2.23. The van der Waals surface area contributed by atoms with E-state index in [2.05, 4.69) is 26.1 Å². The quantitative estimate of drug-likeness (QED) is 0.811. The fourth-order valence-electron chi connectivity index (χ4n) is 2.19. The Morgan fingerprint density at radius 3 is 2.59 bits per heavy atom. The van der Waals surface area contributed by atoms with Gasteiger partial charge in [0.05, 0.1) is 5.02 Å². The summed E-state index contributed by atoms with van der Waals surface area (Å²) in [6, 6.07) is 5.56. The number of benzene rings is 1. The van der Waals surface area contributed by atoms with Gasteiger partial charge >= 0.3 is 0 Å². The molecule has 2 atom stereocenters. The zero-order valence-corrected chi connectivity index (χ0v) is 11.5. The highest BCUT2D eigenvalue weighted by Gasteiger charge is 2.15. The average molecular weight is 258 g/mol. The van der Waals surface area contributed by atoms with Crippen molar-refractivity contribution in [2.24, 2.45) is 5.92 Å². The van der Waals surface area contributed by atoms with Gasteiger partial charge in [-0.15, -0.1) is 0 Å². The second-order valence-corrected chi connectivity index (χ2v) is 4.91. The van der Waals surface area contributed by atoms with Crippen LogP contribution in [0.2, 0.25) is 5.02 Å². The van der Waals surface area contributed by atoms with E-state index in [1.165, 1.54) is 6.07 Å². The van der Waals surface area contributed by atoms with Gasteiger partial charge < -0.3 is 5.32 Å². The number of hydrogen-bond acceptors (Lipinski definition) is 1. The van der Waals surface area contributed by atoms with Crippen molar-refractivity contribution in [3.8, 4) is 0 Å². The molecule has 0 spiro atoms. The Balaban J connectivity index is 2.66. The Kier molecular flexibility index (Phi) is 5.93. The monoisotopic (exact) mass is 257 g/mol. The molecule has 1 nitrogen and oxygen atoms in total. The van der Waals surface area contributed by atoms with Gasteiger partial charge in [-0.1, -0.05) is 38.4 Å². The minimum Gasteiger partial charge on any atom is -0.314 e. The van der Waals surface area contributed by atoms with Crippen LogP contribution in [-0.2, 0) is 6.42 Å². The van der Waals surface area contributed by atoms with Crippen LogP contribution in [0.1, 0.15) is 32.8 Å². The van der Waals surface area contributed by atoms with Gasteiger partial charge in [-0.25, -0.2) is 4.39 Å². The number of nitrogens with one attached hydrogen (secondary N) is 1. The predicted octanol–water partition coefficient (Wildman–Crippen LogP) is 4.05. The van der Waals surface area contributed by atoms with Gasteiger partial charge in [0, 0.05) is 6.04 Å². The summed E-state index contributed by atoms with van der Waals surface area (Å²) in [5.41, 5.74) is 1.01. The van der Waals surface area contributed by atoms with Gasteiger partial charge in [-0.2, -0.15) is 0 Å². The van der Waals surface area contributed by atoms with Gasteiger partial charge in [0.2, 0.25) is 0 Å². The fraction of sp³-hybridized carbons (Fsp3) is 0.571. The average Bonchev–Trinajstić information content (AvgIpc) is 2.30. The lowest BCUT2D eigenvalue weighted by atomic mass is 9.92. The molecule has 0 aromatic heterocycles. The summed E-state index contributed by atoms with van der Waals surface area (Å²) in [5, 5.41) is 3.65. The van der Waals surface area contributed by atoms with E-state index >= 15 is 0 Å². The van der Waals surface area contributed by atoms with Gasteiger partial charge in [-0.3, -0.25) is 0 Å². The van der Waals surface area contributed by atoms with Crippen molar-refractivity contribution in [1.29, 1.82) is 0 Å². The van der Waals surface area contributed by atoms with E-state index < -0.39 is 0 Å². The minimum absolute atomic E-state index is 0.195. The Morgan fingerprint density at radius 1 is 1.35 bits per heavy atom. The molecule has 1 aromatic carbocycles. The molecule has 0 saturated carbocycles. The molecule has 0 fully saturated rings. The van der Waals surface area contributed by atoms with E-state index in [1.807, 2.05) is 6.07 Å². The van der Waals surface area contributed by atoms with Gasteiger partial charge in [0.15, 0.2) is 0 Å². The molecule has 1 aromatic rings. The van der Waals surface area contributed by atoms with Gasteiger partial charge in [0.25, 0.3) is 0 Å². The van der Waals surface area contributed by atoms with Crippen molar-refractivity contribution < 1.29 is 4.39 Å². The van der Waals surface area contributed by atoms with Gasteiger partial charge in [0.1, 0.15) is 5.82 Å². The van der Waals surface area contributed by atoms with Crippen LogP contribution in [-0.4, -0.2) is 12.6 Å². The summed E-state index contributed by atoms with van der Waals surface area (Å²) >= 11 is 5.67. The lowest BCUT2D eigenvalue weighted by molar-refractivity contribution is 0.370. The SMILES string of the molecule is CCNC(CC)C(C)Cc1ccc(Cl)c(F)c1. The summed E-state index contributed by atoms with van der Waals surface area (Å²) in [6.07, 6.45) is 1.96. The first-order chi connectivity index (χ1) is 8.08. The second-order valence-electron chi connectivity index (χ2n) is 4.50. The Morgan fingerprint density at radius 2 is 2.06 bits per heavy atom. The number of rotatable bonds is 6. The molecule has 0 amide bonds. The molecule has 0 saturated heterocycles. The molecular weight excluding hydrogens is 237 g/mol. The molecule has 96 valence electrons. The van der Waals surface area contributed by atoms with Crippen LogP contribution in [0.5, 0.6) is 0 Å². The first kappa shape index (κ1) is 14.5. The van der Waals surface area contributed by atoms with E-state index in [-0.39, 0.29) is 10.8 Å². The molecule has 1 N–H and O–H groups in total. The molecule has 0 aliphatic rings. The number of halogens is 2. The van der Waals surface area contributed by atoms with Gasteiger partial charge in [-0.05, 0) is 43.0 Å². The standard InChI is InChI=1S/C14H21ClFN/c1-4-14(17-5-2)10(3)8-11-6-7-12(15)13(16)9-11/h6-7,9-10,14,17H,4-5,8H2,1-3H3. The first-order valence-corrected chi connectivity index (χ1v) is 6.63. The van der Waals surface area contributed by atoms with Crippen molar-refractivity contribution in [2.45, 2.75) is 39.7 Å². The largest absolute Gasteiger partial charge is 0.314 e. The fourth-order valence-corrected chi connectivity index (χ4v) is 2.31. The Labute approximate surface area is 108 Å². The van der Waals surface area contributed by atoms with E-state index in [0.29, 0.717) is 12.0 Å². The predicted molar refractivity (Wildman–Crippen MR) is 72.0 cm³/mol. The van der Waals surface area contributed by atoms with E-state index in [9.17, 15) is 4.39 Å². The summed E-state index contributed by atoms with van der Waals surface area (Å²) in [6.45, 7) is 7.45. The Bertz CT molecular complexity index is 354. The van der Waals surface area contributed by atoms with Crippen molar-refractivity contribution in [1.82, 2.24) is 5.32 Å². The third-order valence-electron chi connectivity index (χ3n) is 3.13. The first-order valence-electron chi connectivity index (χ1n) is 6.25. The highest BCUT2D eigenvalue weighted by atomic mass is 35.5. The van der Waals surface area contributed by atoms with E-state index in [0.717, 1.165) is 24.9 Å². The van der Waals surface area contributed by atoms with Crippen LogP contribution in [0.3, 0.4) is 0 Å². The van der Waals surface area contributed by atoms with Crippen molar-refractivity contribution in [3.63, 3.8) is 0 Å². The highest BCUT2D eigenvalue weighted by Crippen LogP contribution is 2.19. The Hall–Kier alpha value is -0.600. The minimum atomic E-state index is -0.326. The van der Waals surface area contributed by atoms with Crippen LogP contribution in [0.15, 0.2) is 18.2 Å². The summed E-state index contributed by atoms with van der Waals surface area (Å²) in [4.78, 5) is 0. The van der Waals surface area contributed by atoms with Crippen LogP contribution < -0.4 is 5.32 Å². The molecule has 0 radical (unpaired) electrons. The van der Waals surface area contributed by atoms with E-state index in [4.69, 9.17) is 11.6 Å². The molecule has 1 rings (SSSR count). The maximum Gasteiger partial charge on any atom is 0.142 e. The number of hydrogen-bond donors (Lipinski definition) is 1. The van der Waals surface area contributed by atoms with Crippen molar-refractivity contribution in [2.75, 3.05) is 6.54 Å². The lowest BCUT2D eigenvalue weighted by Crippen LogP contribution is -2.35. The van der Waals surface area contributed by atoms with Crippen molar-refractivity contribution >= 4 is 11.6 Å². The second kappa shape index (κ2) is 6.97. The molecule has 0 aliphatic carbocycles. The topological polar surface area (TPSA) is 12.0 Å². The third kappa shape index (κ3) is 4.29. The molecule has 0 heterocycles. The summed E-state index contributed by atoms with van der Waals surface area (Å²) < 4.78 is 13.3. The molecular formula is C14H21ClFN. The normalized spacial score (nSPS) is 14.6. The third-order valence-corrected chi connectivity index (χ3v) is 3.44.